The van der Waals surface area contributed by atoms with Gasteiger partial charge < -0.3 is 10.4 Å². The van der Waals surface area contributed by atoms with E-state index in [1.807, 2.05) is 13.8 Å². The third-order valence-electron chi connectivity index (χ3n) is 7.06. The molecule has 4 aromatic rings. The van der Waals surface area contributed by atoms with Gasteiger partial charge in [0.2, 0.25) is 0 Å². The summed E-state index contributed by atoms with van der Waals surface area (Å²) in [6, 6.07) is 5.55. The van der Waals surface area contributed by atoms with Crippen LogP contribution in [0.25, 0.3) is 32.9 Å². The van der Waals surface area contributed by atoms with Crippen LogP contribution in [-0.2, 0) is 0 Å². The Labute approximate surface area is 189 Å². The maximum Gasteiger partial charge on any atom is 0.175 e. The number of halogens is 2. The largest absolute Gasteiger partial charge is 0.508 e. The molecule has 2 aliphatic rings. The summed E-state index contributed by atoms with van der Waals surface area (Å²) in [5, 5.41) is 20.1. The first-order valence-corrected chi connectivity index (χ1v) is 11.1. The standard InChI is InChI=1S/C26H22F2N4O/c1-4-15-20(27)6-5-13-7-14(33)8-16(21(13)15)25-23(28)26-19(11-30-25)24(31-32(26)12(2)3)22-17-9-29-10-18(17)22/h1,5-8,11-12,17-18,22,29,33H,9-10H2,2-3H3/t17-,18+,22?. The Morgan fingerprint density at radius 2 is 1.97 bits per heavy atom. The van der Waals surface area contributed by atoms with Crippen molar-refractivity contribution in [1.82, 2.24) is 20.1 Å². The highest BCUT2D eigenvalue weighted by atomic mass is 19.1. The van der Waals surface area contributed by atoms with Gasteiger partial charge in [-0.15, -0.1) is 6.42 Å². The number of benzene rings is 2. The van der Waals surface area contributed by atoms with Crippen molar-refractivity contribution in [3.63, 3.8) is 0 Å². The summed E-state index contributed by atoms with van der Waals surface area (Å²) in [7, 11) is 0. The molecule has 3 heterocycles. The highest BCUT2D eigenvalue weighted by Crippen LogP contribution is 2.57. The summed E-state index contributed by atoms with van der Waals surface area (Å²) < 4.78 is 32.4. The molecule has 1 saturated carbocycles. The summed E-state index contributed by atoms with van der Waals surface area (Å²) in [6.07, 6.45) is 7.25. The van der Waals surface area contributed by atoms with Gasteiger partial charge >= 0.3 is 0 Å². The van der Waals surface area contributed by atoms with Crippen molar-refractivity contribution in [2.45, 2.75) is 25.8 Å². The molecule has 5 nitrogen and oxygen atoms in total. The Morgan fingerprint density at radius 3 is 2.67 bits per heavy atom. The van der Waals surface area contributed by atoms with Gasteiger partial charge in [0.1, 0.15) is 22.8 Å². The maximum absolute atomic E-state index is 16.2. The first-order valence-electron chi connectivity index (χ1n) is 11.1. The van der Waals surface area contributed by atoms with Crippen molar-refractivity contribution in [2.75, 3.05) is 13.1 Å². The highest BCUT2D eigenvalue weighted by molar-refractivity contribution is 6.02. The van der Waals surface area contributed by atoms with Gasteiger partial charge in [0.15, 0.2) is 5.82 Å². The van der Waals surface area contributed by atoms with E-state index in [2.05, 4.69) is 16.2 Å². The lowest BCUT2D eigenvalue weighted by atomic mass is 9.95. The molecule has 3 atom stereocenters. The lowest BCUT2D eigenvalue weighted by Crippen LogP contribution is -2.14. The molecule has 2 aromatic carbocycles. The lowest BCUT2D eigenvalue weighted by molar-refractivity contribution is 0.476. The SMILES string of the molecule is C#Cc1c(F)ccc2cc(O)cc(-c3ncc4c(C5[C@H]6CNC[C@@H]56)nn(C(C)C)c4c3F)c12. The number of terminal acetylenes is 1. The number of nitrogens with zero attached hydrogens (tertiary/aromatic N) is 3. The normalized spacial score (nSPS) is 21.6. The molecule has 0 bridgehead atoms. The van der Waals surface area contributed by atoms with Gasteiger partial charge in [-0.3, -0.25) is 9.67 Å². The zero-order valence-electron chi connectivity index (χ0n) is 18.2. The summed E-state index contributed by atoms with van der Waals surface area (Å²) in [5.74, 6) is 2.53. The second-order valence-electron chi connectivity index (χ2n) is 9.28. The fourth-order valence-corrected chi connectivity index (χ4v) is 5.49. The zero-order valence-corrected chi connectivity index (χ0v) is 18.2. The lowest BCUT2D eigenvalue weighted by Gasteiger charge is -2.13. The number of fused-ring (bicyclic) bond motifs is 3. The minimum Gasteiger partial charge on any atom is -0.508 e. The van der Waals surface area contributed by atoms with Crippen LogP contribution in [0.5, 0.6) is 5.75 Å². The van der Waals surface area contributed by atoms with E-state index in [1.54, 1.807) is 10.9 Å². The first-order chi connectivity index (χ1) is 15.9. The number of rotatable bonds is 3. The smallest absolute Gasteiger partial charge is 0.175 e. The van der Waals surface area contributed by atoms with Crippen LogP contribution in [0.2, 0.25) is 0 Å². The Bertz CT molecular complexity index is 1490. The fourth-order valence-electron chi connectivity index (χ4n) is 5.49. The van der Waals surface area contributed by atoms with Gasteiger partial charge in [-0.05, 0) is 62.4 Å². The van der Waals surface area contributed by atoms with Gasteiger partial charge in [-0.25, -0.2) is 8.78 Å². The van der Waals surface area contributed by atoms with Gasteiger partial charge in [0.25, 0.3) is 0 Å². The first kappa shape index (κ1) is 20.1. The molecule has 0 radical (unpaired) electrons. The molecular weight excluding hydrogens is 422 g/mol. The van der Waals surface area contributed by atoms with E-state index in [-0.39, 0.29) is 28.6 Å². The van der Waals surface area contributed by atoms with Crippen molar-refractivity contribution in [3.8, 4) is 29.4 Å². The Kier molecular flexibility index (Phi) is 4.27. The summed E-state index contributed by atoms with van der Waals surface area (Å²) >= 11 is 0. The second kappa shape index (κ2) is 7.00. The molecule has 1 aliphatic carbocycles. The van der Waals surface area contributed by atoms with E-state index >= 15 is 4.39 Å². The third-order valence-corrected chi connectivity index (χ3v) is 7.06. The van der Waals surface area contributed by atoms with E-state index < -0.39 is 11.6 Å². The van der Waals surface area contributed by atoms with Crippen molar-refractivity contribution in [2.24, 2.45) is 11.8 Å². The Balaban J connectivity index is 1.63. The molecule has 2 fully saturated rings. The van der Waals surface area contributed by atoms with E-state index in [4.69, 9.17) is 11.5 Å². The number of hydrogen-bond acceptors (Lipinski definition) is 4. The fraction of sp³-hybridized carbons (Fsp3) is 0.308. The number of hydrogen-bond donors (Lipinski definition) is 2. The average Bonchev–Trinajstić information content (AvgIpc) is 3.13. The average molecular weight is 444 g/mol. The quantitative estimate of drug-likeness (QED) is 0.449. The van der Waals surface area contributed by atoms with Crippen LogP contribution in [0.4, 0.5) is 8.78 Å². The molecule has 0 spiro atoms. The Morgan fingerprint density at radius 1 is 1.21 bits per heavy atom. The number of piperidine rings is 1. The van der Waals surface area contributed by atoms with Crippen LogP contribution in [0, 0.1) is 35.8 Å². The number of aromatic nitrogens is 3. The predicted molar refractivity (Wildman–Crippen MR) is 123 cm³/mol. The maximum atomic E-state index is 16.2. The molecule has 6 rings (SSSR count). The summed E-state index contributed by atoms with van der Waals surface area (Å²) in [6.45, 7) is 5.82. The van der Waals surface area contributed by atoms with Gasteiger partial charge in [-0.2, -0.15) is 5.10 Å². The van der Waals surface area contributed by atoms with Crippen molar-refractivity contribution in [3.05, 3.63) is 53.4 Å². The molecule has 0 amide bonds. The van der Waals surface area contributed by atoms with Crippen LogP contribution >= 0.6 is 0 Å². The van der Waals surface area contributed by atoms with E-state index in [0.717, 1.165) is 18.8 Å². The third kappa shape index (κ3) is 2.80. The van der Waals surface area contributed by atoms with Crippen LogP contribution in [0.3, 0.4) is 0 Å². The van der Waals surface area contributed by atoms with Crippen LogP contribution in [-0.4, -0.2) is 33.0 Å². The highest BCUT2D eigenvalue weighted by Gasteiger charge is 2.55. The number of pyridine rings is 1. The predicted octanol–water partition coefficient (Wildman–Crippen LogP) is 4.73. The zero-order chi connectivity index (χ0) is 23.0. The topological polar surface area (TPSA) is 63.0 Å². The minimum atomic E-state index is -0.582. The van der Waals surface area contributed by atoms with E-state index in [0.29, 0.717) is 39.4 Å². The molecule has 2 N–H and O–H groups in total. The minimum absolute atomic E-state index is 0.0107. The van der Waals surface area contributed by atoms with Crippen LogP contribution < -0.4 is 5.32 Å². The monoisotopic (exact) mass is 444 g/mol. The molecule has 1 saturated heterocycles. The number of nitrogens with one attached hydrogen (secondary N) is 1. The van der Waals surface area contributed by atoms with E-state index in [1.165, 1.54) is 24.3 Å². The van der Waals surface area contributed by atoms with E-state index in [9.17, 15) is 9.50 Å². The number of phenols is 1. The van der Waals surface area contributed by atoms with Gasteiger partial charge in [0.05, 0.1) is 11.3 Å². The van der Waals surface area contributed by atoms with Crippen molar-refractivity contribution in [1.29, 1.82) is 0 Å². The van der Waals surface area contributed by atoms with Gasteiger partial charge in [0, 0.05) is 34.5 Å². The van der Waals surface area contributed by atoms with Crippen LogP contribution in [0.15, 0.2) is 30.5 Å². The van der Waals surface area contributed by atoms with Crippen LogP contribution in [0.1, 0.15) is 37.1 Å². The number of aromatic hydroxyl groups is 1. The number of phenolic OH excluding ortho intramolecular Hbond substituents is 1. The molecule has 7 heteroatoms. The summed E-state index contributed by atoms with van der Waals surface area (Å²) in [5.41, 5.74) is 1.54. The van der Waals surface area contributed by atoms with Gasteiger partial charge in [-0.1, -0.05) is 12.0 Å². The molecule has 33 heavy (non-hydrogen) atoms. The Hall–Kier alpha value is -3.50. The molecule has 2 aromatic heterocycles. The summed E-state index contributed by atoms with van der Waals surface area (Å²) in [4.78, 5) is 4.46. The molecule has 166 valence electrons. The van der Waals surface area contributed by atoms with Crippen molar-refractivity contribution >= 4 is 21.7 Å². The second-order valence-corrected chi connectivity index (χ2v) is 9.28. The molecule has 1 aliphatic heterocycles. The molecular formula is C26H22F2N4O. The molecule has 1 unspecified atom stereocenters. The van der Waals surface area contributed by atoms with Crippen molar-refractivity contribution < 1.29 is 13.9 Å².